The summed E-state index contributed by atoms with van der Waals surface area (Å²) in [6.45, 7) is -2.29. The monoisotopic (exact) mass is 719 g/mol. The van der Waals surface area contributed by atoms with Crippen LogP contribution in [0.4, 0.5) is 0 Å². The summed E-state index contributed by atoms with van der Waals surface area (Å²) in [5.74, 6) is -8.34. The molecular formula is C21H36N10O10STc. The molecule has 0 aromatic carbocycles. The van der Waals surface area contributed by atoms with E-state index in [0.29, 0.717) is 0 Å². The number of thiol groups is 1. The maximum atomic E-state index is 12.5. The molecule has 0 rings (SSSR count). The molecule has 0 aromatic heterocycles. The van der Waals surface area contributed by atoms with Crippen LogP contribution in [0.25, 0.3) is 0 Å². The second-order valence-electron chi connectivity index (χ2n) is 8.34. The average molecular weight is 720 g/mol. The molecule has 0 aromatic rings. The number of aliphatic imine (C=N–C) groups is 1. The predicted octanol–water partition coefficient (Wildman–Crippen LogP) is -6.71. The van der Waals surface area contributed by atoms with Crippen molar-refractivity contribution in [1.82, 2.24) is 31.9 Å². The van der Waals surface area contributed by atoms with Crippen molar-refractivity contribution in [3.05, 3.63) is 0 Å². The van der Waals surface area contributed by atoms with Gasteiger partial charge < -0.3 is 59.3 Å². The molecule has 20 nitrogen and oxygen atoms in total. The van der Waals surface area contributed by atoms with Crippen LogP contribution in [-0.4, -0.2) is 120 Å². The summed E-state index contributed by atoms with van der Waals surface area (Å²) in [4.78, 5) is 98.4. The number of guanidine groups is 1. The van der Waals surface area contributed by atoms with Crippen LogP contribution in [-0.2, 0) is 58.5 Å². The van der Waals surface area contributed by atoms with Gasteiger partial charge in [0.2, 0.25) is 35.4 Å². The van der Waals surface area contributed by atoms with Crippen LogP contribution in [0.1, 0.15) is 19.3 Å². The third kappa shape index (κ3) is 19.7. The number of nitrogens with two attached hydrogens (primary N) is 3. The Morgan fingerprint density at radius 1 is 0.721 bits per heavy atom. The van der Waals surface area contributed by atoms with Crippen molar-refractivity contribution in [3.8, 4) is 0 Å². The summed E-state index contributed by atoms with van der Waals surface area (Å²) in [5.41, 5.74) is 15.7. The van der Waals surface area contributed by atoms with E-state index in [1.165, 1.54) is 0 Å². The molecule has 0 spiro atoms. The number of nitrogens with one attached hydrogen (secondary N) is 6. The summed E-state index contributed by atoms with van der Waals surface area (Å²) >= 11 is 3.78. The zero-order valence-electron chi connectivity index (χ0n) is 22.8. The van der Waals surface area contributed by atoms with Gasteiger partial charge in [0.15, 0.2) is 5.96 Å². The Balaban J connectivity index is 0. The Hall–Kier alpha value is -4.01. The molecule has 6 amide bonds. The van der Waals surface area contributed by atoms with Crippen LogP contribution >= 0.6 is 12.6 Å². The zero-order chi connectivity index (χ0) is 32.2. The van der Waals surface area contributed by atoms with Gasteiger partial charge >= 0.3 is 11.9 Å². The molecule has 0 aliphatic carbocycles. The average Bonchev–Trinajstić information content (AvgIpc) is 2.92. The number of aliphatic carboxylic acids is 2. The molecule has 1 radical (unpaired) electrons. The summed E-state index contributed by atoms with van der Waals surface area (Å²) in [7, 11) is 0. The van der Waals surface area contributed by atoms with Crippen molar-refractivity contribution in [1.29, 1.82) is 0 Å². The number of rotatable bonds is 20. The van der Waals surface area contributed by atoms with Gasteiger partial charge in [-0.25, -0.2) is 4.79 Å². The van der Waals surface area contributed by atoms with Crippen molar-refractivity contribution >= 4 is 66.0 Å². The van der Waals surface area contributed by atoms with Gasteiger partial charge in [-0.3, -0.25) is 38.6 Å². The molecule has 243 valence electrons. The van der Waals surface area contributed by atoms with Gasteiger partial charge in [-0.1, -0.05) is 0 Å². The van der Waals surface area contributed by atoms with Crippen LogP contribution < -0.4 is 49.1 Å². The maximum absolute atomic E-state index is 12.5. The summed E-state index contributed by atoms with van der Waals surface area (Å²) < 4.78 is 0. The third-order valence-corrected chi connectivity index (χ3v) is 5.29. The van der Waals surface area contributed by atoms with Crippen molar-refractivity contribution in [3.63, 3.8) is 0 Å². The first-order valence-electron chi connectivity index (χ1n) is 12.2. The molecular weight excluding hydrogens is 683 g/mol. The van der Waals surface area contributed by atoms with Crippen molar-refractivity contribution in [2.45, 2.75) is 37.4 Å². The number of hydrogen-bond donors (Lipinski definition) is 12. The third-order valence-electron chi connectivity index (χ3n) is 4.92. The van der Waals surface area contributed by atoms with Crippen molar-refractivity contribution in [2.75, 3.05) is 38.5 Å². The van der Waals surface area contributed by atoms with Crippen LogP contribution in [0, 0.1) is 0 Å². The van der Waals surface area contributed by atoms with E-state index >= 15 is 0 Å². The first kappa shape index (κ1) is 41.1. The first-order chi connectivity index (χ1) is 19.7. The van der Waals surface area contributed by atoms with E-state index in [1.54, 1.807) is 0 Å². The molecule has 0 bridgehead atoms. The fourth-order valence-electron chi connectivity index (χ4n) is 2.91. The number of hydrogen-bond acceptors (Lipinski definition) is 11. The Labute approximate surface area is 264 Å². The van der Waals surface area contributed by atoms with Gasteiger partial charge in [0.25, 0.3) is 0 Å². The number of nitrogens with zero attached hydrogens (tertiary/aromatic N) is 1. The smallest absolute Gasteiger partial charge is 0.327 e. The Kier molecular flexibility index (Phi) is 21.6. The number of carboxylic acids is 2. The molecule has 14 N–H and O–H groups in total. The van der Waals surface area contributed by atoms with E-state index in [9.17, 15) is 38.4 Å². The largest absolute Gasteiger partial charge is 0.481 e. The molecule has 3 atom stereocenters. The second-order valence-corrected chi connectivity index (χ2v) is 8.71. The predicted molar refractivity (Wildman–Crippen MR) is 148 cm³/mol. The fraction of sp³-hybridized carbons (Fsp3) is 0.571. The van der Waals surface area contributed by atoms with Crippen LogP contribution in [0.2, 0.25) is 0 Å². The number of carbonyl (C=O) groups excluding carboxylic acids is 6. The minimum Gasteiger partial charge on any atom is -0.481 e. The molecule has 0 unspecified atom stereocenters. The molecule has 0 heterocycles. The molecule has 22 heteroatoms. The first-order valence-corrected chi connectivity index (χ1v) is 12.8. The van der Waals surface area contributed by atoms with E-state index in [1.807, 2.05) is 0 Å². The number of carboxylic acid groups (broad SMARTS) is 2. The van der Waals surface area contributed by atoms with Crippen LogP contribution in [0.3, 0.4) is 0 Å². The van der Waals surface area contributed by atoms with Gasteiger partial charge in [-0.05, 0) is 12.8 Å². The molecule has 0 saturated carbocycles. The molecule has 0 aliphatic rings. The van der Waals surface area contributed by atoms with E-state index < -0.39 is 98.1 Å². The van der Waals surface area contributed by atoms with Gasteiger partial charge in [0.05, 0.1) is 32.6 Å². The van der Waals surface area contributed by atoms with Crippen molar-refractivity contribution < 1.29 is 68.7 Å². The van der Waals surface area contributed by atoms with Crippen LogP contribution in [0.15, 0.2) is 4.99 Å². The van der Waals surface area contributed by atoms with Gasteiger partial charge in [0.1, 0.15) is 18.1 Å². The topological polar surface area (TPSA) is 340 Å². The molecule has 0 saturated heterocycles. The van der Waals surface area contributed by atoms with Crippen molar-refractivity contribution in [2.24, 2.45) is 22.2 Å². The fourth-order valence-corrected chi connectivity index (χ4v) is 3.16. The Morgan fingerprint density at radius 3 is 1.70 bits per heavy atom. The Bertz CT molecular complexity index is 1040. The normalized spacial score (nSPS) is 12.0. The van der Waals surface area contributed by atoms with Gasteiger partial charge in [-0.15, -0.1) is 0 Å². The van der Waals surface area contributed by atoms with E-state index in [2.05, 4.69) is 49.5 Å². The van der Waals surface area contributed by atoms with Gasteiger partial charge in [-0.2, -0.15) is 12.6 Å². The number of amides is 6. The molecule has 0 aliphatic heterocycles. The SMILES string of the molecule is NCC(=O)N[C@@H](CCCN=C(N)N)C(=O)NCC(=O)N[C@@H](CC(=O)O)C(=O)NCC(=O)NCC(=O)N[C@@H](CS)C(=O)O.[99Tc]. The summed E-state index contributed by atoms with van der Waals surface area (Å²) in [5, 5.41) is 31.0. The van der Waals surface area contributed by atoms with Gasteiger partial charge in [0, 0.05) is 32.4 Å². The van der Waals surface area contributed by atoms with E-state index in [-0.39, 0.29) is 51.2 Å². The molecule has 43 heavy (non-hydrogen) atoms. The van der Waals surface area contributed by atoms with E-state index in [0.717, 1.165) is 0 Å². The number of carbonyl (C=O) groups is 8. The summed E-state index contributed by atoms with van der Waals surface area (Å²) in [6, 6.07) is -4.04. The Morgan fingerprint density at radius 2 is 1.21 bits per heavy atom. The minimum atomic E-state index is -1.65. The maximum Gasteiger partial charge on any atom is 0.327 e. The zero-order valence-corrected chi connectivity index (χ0v) is 25.5. The summed E-state index contributed by atoms with van der Waals surface area (Å²) in [6.07, 6.45) is -0.514. The van der Waals surface area contributed by atoms with Crippen LogP contribution in [0.5, 0.6) is 0 Å². The second kappa shape index (κ2) is 22.6. The molecule has 0 fully saturated rings. The minimum absolute atomic E-state index is 0. The quantitative estimate of drug-likeness (QED) is 0.0241. The standard InChI is InChI=1S/C21H36N10O10S.Tc/c22-5-13(32)29-10(2-1-3-25-21(23)24)18(38)28-8-16(35)30-11(4-17(36)37)19(39)27-6-14(33)26-7-15(34)31-12(9-42)20(40)41;/h10-12,42H,1-9,22H2,(H,26,33)(H,27,39)(H,28,38)(H,29,32)(H,30,35)(H,31,34)(H,36,37)(H,40,41)(H4,23,24,25);/t10-,11-,12-;/m0./s1/i;1+1. The van der Waals surface area contributed by atoms with E-state index in [4.69, 9.17) is 27.4 Å².